The van der Waals surface area contributed by atoms with E-state index in [1.807, 2.05) is 12.1 Å². The van der Waals surface area contributed by atoms with Gasteiger partial charge in [-0.2, -0.15) is 0 Å². The summed E-state index contributed by atoms with van der Waals surface area (Å²) >= 11 is 0. The zero-order chi connectivity index (χ0) is 12.1. The molecule has 94 valence electrons. The molecule has 3 atom stereocenters. The molecule has 2 fully saturated rings. The highest BCUT2D eigenvalue weighted by Crippen LogP contribution is 2.39. The van der Waals surface area contributed by atoms with E-state index < -0.39 is 0 Å². The number of fused-ring (bicyclic) bond motifs is 2. The molecular weight excluding hydrogens is 232 g/mol. The average molecular weight is 246 g/mol. The Hall–Kier alpha value is -1.76. The normalized spacial score (nSPS) is 31.2. The summed E-state index contributed by atoms with van der Waals surface area (Å²) in [6.45, 7) is 1.86. The molecule has 0 bridgehead atoms. The van der Waals surface area contributed by atoms with Crippen molar-refractivity contribution in [3.63, 3.8) is 0 Å². The SMILES string of the molecule is OC1CCC2CN(c3ccc4nnnn4n3)CC12. The minimum Gasteiger partial charge on any atom is -0.393 e. The third kappa shape index (κ3) is 1.40. The molecule has 0 amide bonds. The Morgan fingerprint density at radius 2 is 2.17 bits per heavy atom. The zero-order valence-electron chi connectivity index (χ0n) is 9.85. The lowest BCUT2D eigenvalue weighted by Gasteiger charge is -2.18. The molecule has 4 rings (SSSR count). The van der Waals surface area contributed by atoms with Gasteiger partial charge in [-0.15, -0.1) is 14.8 Å². The molecule has 1 aliphatic heterocycles. The number of hydrogen-bond acceptors (Lipinski definition) is 6. The molecule has 0 spiro atoms. The number of rotatable bonds is 1. The van der Waals surface area contributed by atoms with Crippen LogP contribution >= 0.6 is 0 Å². The summed E-state index contributed by atoms with van der Waals surface area (Å²) < 4.78 is 1.44. The molecule has 0 radical (unpaired) electrons. The maximum atomic E-state index is 9.92. The second-order valence-electron chi connectivity index (χ2n) is 5.19. The van der Waals surface area contributed by atoms with Gasteiger partial charge in [0, 0.05) is 19.0 Å². The minimum atomic E-state index is -0.142. The Bertz CT molecular complexity index is 584. The Morgan fingerprint density at radius 1 is 1.22 bits per heavy atom. The highest BCUT2D eigenvalue weighted by molar-refractivity contribution is 5.45. The first kappa shape index (κ1) is 10.2. The van der Waals surface area contributed by atoms with Crippen LogP contribution in [0.5, 0.6) is 0 Å². The van der Waals surface area contributed by atoms with E-state index in [-0.39, 0.29) is 6.10 Å². The van der Waals surface area contributed by atoms with Crippen LogP contribution in [0.25, 0.3) is 5.65 Å². The maximum absolute atomic E-state index is 9.92. The molecule has 3 heterocycles. The summed E-state index contributed by atoms with van der Waals surface area (Å²) in [6, 6.07) is 3.81. The van der Waals surface area contributed by atoms with Gasteiger partial charge in [-0.1, -0.05) is 0 Å². The summed E-state index contributed by atoms with van der Waals surface area (Å²) in [6.07, 6.45) is 1.93. The van der Waals surface area contributed by atoms with Crippen LogP contribution in [0.3, 0.4) is 0 Å². The second-order valence-corrected chi connectivity index (χ2v) is 5.19. The number of anilines is 1. The van der Waals surface area contributed by atoms with Crippen LogP contribution in [-0.4, -0.2) is 49.6 Å². The highest BCUT2D eigenvalue weighted by atomic mass is 16.3. The lowest BCUT2D eigenvalue weighted by Crippen LogP contribution is -2.25. The fourth-order valence-corrected chi connectivity index (χ4v) is 3.23. The van der Waals surface area contributed by atoms with E-state index in [1.54, 1.807) is 0 Å². The van der Waals surface area contributed by atoms with E-state index in [4.69, 9.17) is 0 Å². The van der Waals surface area contributed by atoms with Crippen molar-refractivity contribution < 1.29 is 5.11 Å². The standard InChI is InChI=1S/C11H14N6O/c18-9-2-1-7-5-16(6-8(7)9)11-4-3-10-12-14-15-17(10)13-11/h3-4,7-9,18H,1-2,5-6H2. The fourth-order valence-electron chi connectivity index (χ4n) is 3.23. The molecular formula is C11H14N6O. The van der Waals surface area contributed by atoms with Gasteiger partial charge in [0.2, 0.25) is 0 Å². The maximum Gasteiger partial charge on any atom is 0.200 e. The van der Waals surface area contributed by atoms with Crippen molar-refractivity contribution in [2.75, 3.05) is 18.0 Å². The van der Waals surface area contributed by atoms with Crippen LogP contribution in [0.4, 0.5) is 5.82 Å². The average Bonchev–Trinajstić information content (AvgIpc) is 3.05. The van der Waals surface area contributed by atoms with Crippen molar-refractivity contribution in [1.82, 2.24) is 25.3 Å². The predicted molar refractivity (Wildman–Crippen MR) is 63.0 cm³/mol. The number of aromatic nitrogens is 5. The van der Waals surface area contributed by atoms with Gasteiger partial charge >= 0.3 is 0 Å². The molecule has 18 heavy (non-hydrogen) atoms. The van der Waals surface area contributed by atoms with Gasteiger partial charge < -0.3 is 10.0 Å². The van der Waals surface area contributed by atoms with Crippen molar-refractivity contribution >= 4 is 11.5 Å². The minimum absolute atomic E-state index is 0.142. The second kappa shape index (κ2) is 3.61. The smallest absolute Gasteiger partial charge is 0.200 e. The molecule has 1 saturated carbocycles. The molecule has 7 nitrogen and oxygen atoms in total. The third-order valence-corrected chi connectivity index (χ3v) is 4.20. The van der Waals surface area contributed by atoms with Crippen molar-refractivity contribution in [2.24, 2.45) is 11.8 Å². The van der Waals surface area contributed by atoms with E-state index >= 15 is 0 Å². The molecule has 7 heteroatoms. The van der Waals surface area contributed by atoms with Crippen molar-refractivity contribution in [3.8, 4) is 0 Å². The van der Waals surface area contributed by atoms with Crippen LogP contribution in [0.15, 0.2) is 12.1 Å². The molecule has 1 aliphatic carbocycles. The Labute approximate surface area is 103 Å². The van der Waals surface area contributed by atoms with E-state index in [2.05, 4.69) is 25.5 Å². The third-order valence-electron chi connectivity index (χ3n) is 4.20. The molecule has 1 saturated heterocycles. The van der Waals surface area contributed by atoms with Crippen LogP contribution in [0.1, 0.15) is 12.8 Å². The first-order valence-corrected chi connectivity index (χ1v) is 6.30. The lowest BCUT2D eigenvalue weighted by atomic mass is 10.00. The van der Waals surface area contributed by atoms with E-state index in [0.29, 0.717) is 17.5 Å². The summed E-state index contributed by atoms with van der Waals surface area (Å²) in [5.74, 6) is 1.89. The van der Waals surface area contributed by atoms with Gasteiger partial charge in [0.1, 0.15) is 0 Å². The molecule has 2 aromatic heterocycles. The van der Waals surface area contributed by atoms with Crippen molar-refractivity contribution in [1.29, 1.82) is 0 Å². The summed E-state index contributed by atoms with van der Waals surface area (Å²) in [4.78, 5) is 2.22. The van der Waals surface area contributed by atoms with Crippen molar-refractivity contribution in [2.45, 2.75) is 18.9 Å². The highest BCUT2D eigenvalue weighted by Gasteiger charge is 2.42. The first-order valence-electron chi connectivity index (χ1n) is 6.30. The molecule has 2 aromatic rings. The zero-order valence-corrected chi connectivity index (χ0v) is 9.85. The quantitative estimate of drug-likeness (QED) is 0.746. The number of nitrogens with zero attached hydrogens (tertiary/aromatic N) is 6. The summed E-state index contributed by atoms with van der Waals surface area (Å²) in [5, 5.41) is 25.5. The van der Waals surface area contributed by atoms with Gasteiger partial charge in [-0.25, -0.2) is 0 Å². The molecule has 1 N–H and O–H groups in total. The van der Waals surface area contributed by atoms with E-state index in [9.17, 15) is 5.11 Å². The Balaban J connectivity index is 1.64. The predicted octanol–water partition coefficient (Wildman–Crippen LogP) is -0.274. The number of aliphatic hydroxyl groups excluding tert-OH is 1. The van der Waals surface area contributed by atoms with Gasteiger partial charge in [0.25, 0.3) is 0 Å². The summed E-state index contributed by atoms with van der Waals surface area (Å²) in [5.41, 5.74) is 0.651. The Morgan fingerprint density at radius 3 is 3.06 bits per heavy atom. The van der Waals surface area contributed by atoms with Gasteiger partial charge in [-0.05, 0) is 41.3 Å². The number of aliphatic hydroxyl groups is 1. The first-order chi connectivity index (χ1) is 8.81. The lowest BCUT2D eigenvalue weighted by molar-refractivity contribution is 0.133. The largest absolute Gasteiger partial charge is 0.393 e. The molecule has 2 aliphatic rings. The number of tetrazole rings is 1. The van der Waals surface area contributed by atoms with Gasteiger partial charge in [-0.3, -0.25) is 0 Å². The summed E-state index contributed by atoms with van der Waals surface area (Å²) in [7, 11) is 0. The Kier molecular flexibility index (Phi) is 2.05. The fraction of sp³-hybridized carbons (Fsp3) is 0.636. The van der Waals surface area contributed by atoms with Crippen LogP contribution < -0.4 is 4.90 Å². The topological polar surface area (TPSA) is 79.4 Å². The van der Waals surface area contributed by atoms with Crippen LogP contribution in [0, 0.1) is 11.8 Å². The number of hydrogen-bond donors (Lipinski definition) is 1. The monoisotopic (exact) mass is 246 g/mol. The van der Waals surface area contributed by atoms with Gasteiger partial charge in [0.05, 0.1) is 6.10 Å². The van der Waals surface area contributed by atoms with E-state index in [1.165, 1.54) is 4.63 Å². The van der Waals surface area contributed by atoms with Crippen molar-refractivity contribution in [3.05, 3.63) is 12.1 Å². The van der Waals surface area contributed by atoms with Crippen LogP contribution in [0.2, 0.25) is 0 Å². The molecule has 0 aromatic carbocycles. The van der Waals surface area contributed by atoms with Crippen LogP contribution in [-0.2, 0) is 0 Å². The van der Waals surface area contributed by atoms with E-state index in [0.717, 1.165) is 31.7 Å². The molecule has 3 unspecified atom stereocenters. The van der Waals surface area contributed by atoms with Gasteiger partial charge in [0.15, 0.2) is 11.5 Å².